The van der Waals surface area contributed by atoms with Crippen LogP contribution in [0.25, 0.3) is 0 Å². The fourth-order valence-corrected chi connectivity index (χ4v) is 4.77. The van der Waals surface area contributed by atoms with Gasteiger partial charge in [0.2, 0.25) is 21.8 Å². The SMILES string of the molecule is CNC(=O)[C@H](Cc1ccccc1)N(Cc1cccc(OC)c1)C(=O)CN(c1cccc(F)c1)S(C)(=O)=O. The van der Waals surface area contributed by atoms with E-state index in [1.165, 1.54) is 37.3 Å². The number of benzene rings is 3. The van der Waals surface area contributed by atoms with Gasteiger partial charge in [-0.3, -0.25) is 13.9 Å². The first-order chi connectivity index (χ1) is 17.6. The highest BCUT2D eigenvalue weighted by Gasteiger charge is 2.32. The van der Waals surface area contributed by atoms with E-state index in [2.05, 4.69) is 5.32 Å². The minimum atomic E-state index is -3.96. The minimum Gasteiger partial charge on any atom is -0.497 e. The molecule has 0 saturated heterocycles. The molecule has 0 spiro atoms. The molecular formula is C27H30FN3O5S. The number of carbonyl (C=O) groups excluding carboxylic acids is 2. The standard InChI is InChI=1S/C27H30FN3O5S/c1-29-27(33)25(16-20-9-5-4-6-10-20)30(18-21-11-7-14-24(15-21)36-2)26(32)19-31(37(3,34)35)23-13-8-12-22(28)17-23/h4-15,17,25H,16,18-19H2,1-3H3,(H,29,33)/t25-/m0/s1. The van der Waals surface area contributed by atoms with Gasteiger partial charge in [0.25, 0.3) is 0 Å². The van der Waals surface area contributed by atoms with Crippen molar-refractivity contribution in [1.82, 2.24) is 10.2 Å². The Labute approximate surface area is 216 Å². The van der Waals surface area contributed by atoms with Crippen LogP contribution in [0, 0.1) is 5.82 Å². The van der Waals surface area contributed by atoms with Crippen molar-refractivity contribution in [2.24, 2.45) is 0 Å². The van der Waals surface area contributed by atoms with Gasteiger partial charge in [0.15, 0.2) is 0 Å². The Balaban J connectivity index is 2.03. The number of halogens is 1. The van der Waals surface area contributed by atoms with Gasteiger partial charge in [-0.25, -0.2) is 12.8 Å². The third kappa shape index (κ3) is 7.53. The van der Waals surface area contributed by atoms with Crippen LogP contribution in [0.2, 0.25) is 0 Å². The van der Waals surface area contributed by atoms with Crippen LogP contribution in [-0.2, 0) is 32.6 Å². The van der Waals surface area contributed by atoms with Gasteiger partial charge in [-0.1, -0.05) is 48.5 Å². The first-order valence-electron chi connectivity index (χ1n) is 11.5. The Kier molecular flexibility index (Phi) is 9.24. The van der Waals surface area contributed by atoms with Gasteiger partial charge in [0.05, 0.1) is 19.1 Å². The van der Waals surface area contributed by atoms with Crippen LogP contribution in [0.3, 0.4) is 0 Å². The number of hydrogen-bond acceptors (Lipinski definition) is 5. The van der Waals surface area contributed by atoms with Crippen LogP contribution < -0.4 is 14.4 Å². The van der Waals surface area contributed by atoms with Gasteiger partial charge in [0, 0.05) is 20.0 Å². The van der Waals surface area contributed by atoms with Crippen molar-refractivity contribution < 1.29 is 27.1 Å². The number of hydrogen-bond donors (Lipinski definition) is 1. The number of sulfonamides is 1. The highest BCUT2D eigenvalue weighted by molar-refractivity contribution is 7.92. The molecule has 0 aromatic heterocycles. The third-order valence-electron chi connectivity index (χ3n) is 5.78. The summed E-state index contributed by atoms with van der Waals surface area (Å²) in [7, 11) is -0.961. The summed E-state index contributed by atoms with van der Waals surface area (Å²) < 4.78 is 45.3. The molecule has 0 fully saturated rings. The van der Waals surface area contributed by atoms with Gasteiger partial charge in [0.1, 0.15) is 24.2 Å². The molecule has 3 aromatic carbocycles. The molecule has 37 heavy (non-hydrogen) atoms. The monoisotopic (exact) mass is 527 g/mol. The second-order valence-corrected chi connectivity index (χ2v) is 10.3. The topological polar surface area (TPSA) is 96.0 Å². The number of methoxy groups -OCH3 is 1. The van der Waals surface area contributed by atoms with E-state index in [4.69, 9.17) is 4.74 Å². The normalized spacial score (nSPS) is 11.9. The molecule has 1 N–H and O–H groups in total. The van der Waals surface area contributed by atoms with Crippen molar-refractivity contribution in [3.05, 3.63) is 95.8 Å². The van der Waals surface area contributed by atoms with Crippen molar-refractivity contribution in [2.45, 2.75) is 19.0 Å². The number of anilines is 1. The molecule has 0 aliphatic heterocycles. The molecule has 0 saturated carbocycles. The summed E-state index contributed by atoms with van der Waals surface area (Å²) in [6, 6.07) is 20.3. The Morgan fingerprint density at radius 1 is 0.973 bits per heavy atom. The van der Waals surface area contributed by atoms with Gasteiger partial charge < -0.3 is 15.0 Å². The summed E-state index contributed by atoms with van der Waals surface area (Å²) in [6.45, 7) is -0.601. The zero-order valence-corrected chi connectivity index (χ0v) is 21.7. The van der Waals surface area contributed by atoms with Crippen LogP contribution >= 0.6 is 0 Å². The molecule has 10 heteroatoms. The number of likely N-dealkylation sites (N-methyl/N-ethyl adjacent to an activating group) is 1. The van der Waals surface area contributed by atoms with E-state index in [0.29, 0.717) is 11.3 Å². The van der Waals surface area contributed by atoms with E-state index >= 15 is 0 Å². The quantitative estimate of drug-likeness (QED) is 0.414. The molecule has 0 bridgehead atoms. The van der Waals surface area contributed by atoms with Crippen molar-refractivity contribution in [3.63, 3.8) is 0 Å². The number of nitrogens with zero attached hydrogens (tertiary/aromatic N) is 2. The van der Waals surface area contributed by atoms with Crippen molar-refractivity contribution in [1.29, 1.82) is 0 Å². The first kappa shape index (κ1) is 27.7. The Morgan fingerprint density at radius 3 is 2.27 bits per heavy atom. The maximum Gasteiger partial charge on any atom is 0.244 e. The van der Waals surface area contributed by atoms with Crippen LogP contribution in [0.4, 0.5) is 10.1 Å². The summed E-state index contributed by atoms with van der Waals surface area (Å²) in [4.78, 5) is 28.2. The molecule has 0 aliphatic rings. The van der Waals surface area contributed by atoms with E-state index in [0.717, 1.165) is 22.2 Å². The molecule has 0 heterocycles. The van der Waals surface area contributed by atoms with Crippen molar-refractivity contribution >= 4 is 27.5 Å². The van der Waals surface area contributed by atoms with Gasteiger partial charge in [-0.05, 0) is 41.5 Å². The highest BCUT2D eigenvalue weighted by Crippen LogP contribution is 2.22. The summed E-state index contributed by atoms with van der Waals surface area (Å²) in [6.07, 6.45) is 1.15. The molecule has 2 amide bonds. The summed E-state index contributed by atoms with van der Waals surface area (Å²) in [5.74, 6) is -1.10. The van der Waals surface area contributed by atoms with Crippen molar-refractivity contribution in [3.8, 4) is 5.75 Å². The number of carbonyl (C=O) groups is 2. The van der Waals surface area contributed by atoms with Crippen LogP contribution in [0.5, 0.6) is 5.75 Å². The molecule has 3 aromatic rings. The van der Waals surface area contributed by atoms with E-state index < -0.39 is 40.2 Å². The predicted octanol–water partition coefficient (Wildman–Crippen LogP) is 2.99. The Hall–Kier alpha value is -3.92. The molecule has 196 valence electrons. The van der Waals surface area contributed by atoms with Crippen LogP contribution in [-0.4, -0.2) is 58.1 Å². The fraction of sp³-hybridized carbons (Fsp3) is 0.259. The summed E-state index contributed by atoms with van der Waals surface area (Å²) in [5.41, 5.74) is 1.52. The second-order valence-electron chi connectivity index (χ2n) is 8.44. The van der Waals surface area contributed by atoms with E-state index in [1.54, 1.807) is 24.3 Å². The van der Waals surface area contributed by atoms with Gasteiger partial charge in [-0.15, -0.1) is 0 Å². The molecule has 3 rings (SSSR count). The van der Waals surface area contributed by atoms with Crippen LogP contribution in [0.15, 0.2) is 78.9 Å². The summed E-state index contributed by atoms with van der Waals surface area (Å²) >= 11 is 0. The Bertz CT molecular complexity index is 1330. The first-order valence-corrected chi connectivity index (χ1v) is 13.4. The lowest BCUT2D eigenvalue weighted by molar-refractivity contribution is -0.139. The average molecular weight is 528 g/mol. The molecule has 8 nitrogen and oxygen atoms in total. The van der Waals surface area contributed by atoms with Crippen LogP contribution in [0.1, 0.15) is 11.1 Å². The third-order valence-corrected chi connectivity index (χ3v) is 6.92. The second kappa shape index (κ2) is 12.4. The average Bonchev–Trinajstić information content (AvgIpc) is 2.88. The highest BCUT2D eigenvalue weighted by atomic mass is 32.2. The molecule has 0 aliphatic carbocycles. The molecule has 0 unspecified atom stereocenters. The lowest BCUT2D eigenvalue weighted by Gasteiger charge is -2.33. The maximum absolute atomic E-state index is 13.9. The molecular weight excluding hydrogens is 497 g/mol. The van der Waals surface area contributed by atoms with E-state index in [9.17, 15) is 22.4 Å². The number of amides is 2. The lowest BCUT2D eigenvalue weighted by Crippen LogP contribution is -2.52. The van der Waals surface area contributed by atoms with E-state index in [-0.39, 0.29) is 18.7 Å². The zero-order valence-electron chi connectivity index (χ0n) is 20.9. The van der Waals surface area contributed by atoms with Gasteiger partial charge >= 0.3 is 0 Å². The fourth-order valence-electron chi connectivity index (χ4n) is 3.93. The minimum absolute atomic E-state index is 0.0109. The lowest BCUT2D eigenvalue weighted by atomic mass is 10.0. The predicted molar refractivity (Wildman–Crippen MR) is 140 cm³/mol. The number of rotatable bonds is 11. The zero-order chi connectivity index (χ0) is 27.0. The summed E-state index contributed by atoms with van der Waals surface area (Å²) in [5, 5.41) is 2.61. The number of nitrogens with one attached hydrogen (secondary N) is 1. The maximum atomic E-state index is 13.9. The van der Waals surface area contributed by atoms with E-state index in [1.807, 2.05) is 30.3 Å². The Morgan fingerprint density at radius 2 is 1.65 bits per heavy atom. The molecule has 0 radical (unpaired) electrons. The van der Waals surface area contributed by atoms with Crippen molar-refractivity contribution in [2.75, 3.05) is 31.3 Å². The molecule has 1 atom stereocenters. The largest absolute Gasteiger partial charge is 0.497 e. The number of ether oxygens (including phenoxy) is 1. The van der Waals surface area contributed by atoms with Gasteiger partial charge in [-0.2, -0.15) is 0 Å². The smallest absolute Gasteiger partial charge is 0.244 e.